The van der Waals surface area contributed by atoms with E-state index in [2.05, 4.69) is 39.6 Å². The zero-order valence-corrected chi connectivity index (χ0v) is 16.3. The van der Waals surface area contributed by atoms with E-state index in [1.54, 1.807) is 6.20 Å². The standard InChI is InChI=1S/C22H21N5O2/c1-13-5-3-4-6-16(13)11-27-12-17(10-23-27)24-21(28)18-9-19(15-7-8-15)25-22-20(18)14(2)26-29-22/h3-6,9-10,12,15H,7-8,11H2,1-2H3,(H,24,28). The third kappa shape index (κ3) is 3.40. The minimum atomic E-state index is -0.207. The molecule has 0 aliphatic heterocycles. The van der Waals surface area contributed by atoms with Crippen LogP contribution in [0.4, 0.5) is 5.69 Å². The van der Waals surface area contributed by atoms with Gasteiger partial charge in [0.15, 0.2) is 0 Å². The predicted octanol–water partition coefficient (Wildman–Crippen LogP) is 4.21. The van der Waals surface area contributed by atoms with Crippen molar-refractivity contribution in [1.82, 2.24) is 19.9 Å². The molecule has 1 aliphatic rings. The summed E-state index contributed by atoms with van der Waals surface area (Å²) in [7, 11) is 0. The summed E-state index contributed by atoms with van der Waals surface area (Å²) in [6.45, 7) is 4.55. The van der Waals surface area contributed by atoms with Crippen molar-refractivity contribution in [2.45, 2.75) is 39.2 Å². The van der Waals surface area contributed by atoms with Crippen molar-refractivity contribution in [1.29, 1.82) is 0 Å². The van der Waals surface area contributed by atoms with Crippen molar-refractivity contribution >= 4 is 22.7 Å². The van der Waals surface area contributed by atoms with E-state index in [9.17, 15) is 4.79 Å². The van der Waals surface area contributed by atoms with E-state index in [0.717, 1.165) is 18.5 Å². The Bertz CT molecular complexity index is 1220. The number of amides is 1. The van der Waals surface area contributed by atoms with Gasteiger partial charge >= 0.3 is 0 Å². The molecule has 0 saturated heterocycles. The van der Waals surface area contributed by atoms with Gasteiger partial charge in [0.05, 0.1) is 35.1 Å². The molecule has 1 amide bonds. The lowest BCUT2D eigenvalue weighted by Crippen LogP contribution is -2.13. The third-order valence-corrected chi connectivity index (χ3v) is 5.36. The maximum Gasteiger partial charge on any atom is 0.259 e. The average molecular weight is 387 g/mol. The van der Waals surface area contributed by atoms with Crippen molar-refractivity contribution in [2.75, 3.05) is 5.32 Å². The molecule has 0 unspecified atom stereocenters. The quantitative estimate of drug-likeness (QED) is 0.554. The average Bonchev–Trinajstić information content (AvgIpc) is 3.38. The predicted molar refractivity (Wildman–Crippen MR) is 109 cm³/mol. The maximum atomic E-state index is 13.0. The summed E-state index contributed by atoms with van der Waals surface area (Å²) in [6.07, 6.45) is 5.69. The lowest BCUT2D eigenvalue weighted by molar-refractivity contribution is 0.102. The van der Waals surface area contributed by atoms with E-state index in [4.69, 9.17) is 4.52 Å². The summed E-state index contributed by atoms with van der Waals surface area (Å²) >= 11 is 0. The number of anilines is 1. The molecule has 1 aromatic carbocycles. The fourth-order valence-electron chi connectivity index (χ4n) is 3.56. The number of aromatic nitrogens is 4. The van der Waals surface area contributed by atoms with Crippen molar-refractivity contribution in [3.63, 3.8) is 0 Å². The van der Waals surface area contributed by atoms with Gasteiger partial charge in [-0.2, -0.15) is 5.10 Å². The fraction of sp³-hybridized carbons (Fsp3) is 0.273. The van der Waals surface area contributed by atoms with E-state index in [0.29, 0.717) is 40.5 Å². The molecule has 0 atom stereocenters. The zero-order chi connectivity index (χ0) is 20.0. The van der Waals surface area contributed by atoms with Crippen LogP contribution in [-0.2, 0) is 6.54 Å². The van der Waals surface area contributed by atoms with Crippen LogP contribution in [0.1, 0.15) is 51.6 Å². The number of nitrogens with one attached hydrogen (secondary N) is 1. The molecule has 7 heteroatoms. The first kappa shape index (κ1) is 17.6. The number of pyridine rings is 1. The summed E-state index contributed by atoms with van der Waals surface area (Å²) in [6, 6.07) is 10.1. The second-order valence-corrected chi connectivity index (χ2v) is 7.62. The number of benzene rings is 1. The lowest BCUT2D eigenvalue weighted by atomic mass is 10.1. The van der Waals surface area contributed by atoms with Gasteiger partial charge in [-0.3, -0.25) is 9.48 Å². The monoisotopic (exact) mass is 387 g/mol. The number of carbonyl (C=O) groups is 1. The Balaban J connectivity index is 1.40. The van der Waals surface area contributed by atoms with Gasteiger partial charge in [-0.05, 0) is 43.9 Å². The molecule has 3 heterocycles. The molecule has 5 rings (SSSR count). The topological polar surface area (TPSA) is 85.8 Å². The van der Waals surface area contributed by atoms with Crippen molar-refractivity contribution in [3.05, 3.63) is 70.8 Å². The molecule has 1 fully saturated rings. The van der Waals surface area contributed by atoms with E-state index < -0.39 is 0 Å². The number of fused-ring (bicyclic) bond motifs is 1. The Hall–Kier alpha value is -3.48. The van der Waals surface area contributed by atoms with Gasteiger partial charge in [0, 0.05) is 17.8 Å². The van der Waals surface area contributed by atoms with Crippen LogP contribution in [0.25, 0.3) is 11.1 Å². The van der Waals surface area contributed by atoms with Gasteiger partial charge in [-0.1, -0.05) is 29.4 Å². The van der Waals surface area contributed by atoms with Crippen LogP contribution in [0.3, 0.4) is 0 Å². The van der Waals surface area contributed by atoms with E-state index >= 15 is 0 Å². The number of rotatable bonds is 5. The molecule has 1 aliphatic carbocycles. The molecule has 29 heavy (non-hydrogen) atoms. The Labute approximate surface area is 167 Å². The highest BCUT2D eigenvalue weighted by molar-refractivity contribution is 6.12. The number of aryl methyl sites for hydroxylation is 2. The highest BCUT2D eigenvalue weighted by Gasteiger charge is 2.28. The molecule has 4 aromatic rings. The summed E-state index contributed by atoms with van der Waals surface area (Å²) in [5.74, 6) is 0.203. The van der Waals surface area contributed by atoms with E-state index in [-0.39, 0.29) is 5.91 Å². The largest absolute Gasteiger partial charge is 0.336 e. The number of hydrogen-bond donors (Lipinski definition) is 1. The van der Waals surface area contributed by atoms with Crippen LogP contribution < -0.4 is 5.32 Å². The van der Waals surface area contributed by atoms with Gasteiger partial charge in [-0.25, -0.2) is 4.98 Å². The molecule has 1 saturated carbocycles. The Kier molecular flexibility index (Phi) is 4.16. The molecule has 0 spiro atoms. The third-order valence-electron chi connectivity index (χ3n) is 5.36. The van der Waals surface area contributed by atoms with Gasteiger partial charge in [0.25, 0.3) is 11.6 Å². The molecule has 7 nitrogen and oxygen atoms in total. The van der Waals surface area contributed by atoms with Crippen molar-refractivity contribution in [2.24, 2.45) is 0 Å². The number of carbonyl (C=O) groups excluding carboxylic acids is 1. The zero-order valence-electron chi connectivity index (χ0n) is 16.3. The number of nitrogens with zero attached hydrogens (tertiary/aromatic N) is 4. The smallest absolute Gasteiger partial charge is 0.259 e. The van der Waals surface area contributed by atoms with E-state index in [1.165, 1.54) is 11.1 Å². The van der Waals surface area contributed by atoms with Gasteiger partial charge in [0.1, 0.15) is 0 Å². The van der Waals surface area contributed by atoms with E-state index in [1.807, 2.05) is 36.0 Å². The first-order valence-electron chi connectivity index (χ1n) is 9.74. The molecule has 3 aromatic heterocycles. The molecule has 146 valence electrons. The summed E-state index contributed by atoms with van der Waals surface area (Å²) in [4.78, 5) is 17.6. The molecule has 0 radical (unpaired) electrons. The fourth-order valence-corrected chi connectivity index (χ4v) is 3.56. The second kappa shape index (κ2) is 6.84. The highest BCUT2D eigenvalue weighted by atomic mass is 16.5. The van der Waals surface area contributed by atoms with Crippen LogP contribution in [0.15, 0.2) is 47.2 Å². The van der Waals surface area contributed by atoms with Crippen LogP contribution in [0.5, 0.6) is 0 Å². The summed E-state index contributed by atoms with van der Waals surface area (Å²) in [5.41, 5.74) is 5.58. The maximum absolute atomic E-state index is 13.0. The molecular weight excluding hydrogens is 366 g/mol. The Morgan fingerprint density at radius 2 is 2.10 bits per heavy atom. The van der Waals surface area contributed by atoms with Crippen LogP contribution in [-0.4, -0.2) is 25.8 Å². The summed E-state index contributed by atoms with van der Waals surface area (Å²) in [5, 5.41) is 12.0. The van der Waals surface area contributed by atoms with Crippen molar-refractivity contribution < 1.29 is 9.32 Å². The minimum absolute atomic E-state index is 0.207. The summed E-state index contributed by atoms with van der Waals surface area (Å²) < 4.78 is 7.15. The van der Waals surface area contributed by atoms with Crippen molar-refractivity contribution in [3.8, 4) is 0 Å². The first-order chi connectivity index (χ1) is 14.1. The lowest BCUT2D eigenvalue weighted by Gasteiger charge is -2.07. The van der Waals surface area contributed by atoms with Gasteiger partial charge < -0.3 is 9.84 Å². The number of hydrogen-bond acceptors (Lipinski definition) is 5. The first-order valence-corrected chi connectivity index (χ1v) is 9.74. The van der Waals surface area contributed by atoms with Crippen LogP contribution >= 0.6 is 0 Å². The highest BCUT2D eigenvalue weighted by Crippen LogP contribution is 2.40. The minimum Gasteiger partial charge on any atom is -0.336 e. The van der Waals surface area contributed by atoms with Gasteiger partial charge in [-0.15, -0.1) is 0 Å². The SMILES string of the molecule is Cc1ccccc1Cn1cc(NC(=O)c2cc(C3CC3)nc3onc(C)c23)cn1. The molecular formula is C22H21N5O2. The van der Waals surface area contributed by atoms with Gasteiger partial charge in [0.2, 0.25) is 0 Å². The second-order valence-electron chi connectivity index (χ2n) is 7.62. The molecule has 0 bridgehead atoms. The van der Waals surface area contributed by atoms with Crippen LogP contribution in [0.2, 0.25) is 0 Å². The Morgan fingerprint density at radius 3 is 2.90 bits per heavy atom. The molecule has 1 N–H and O–H groups in total. The Morgan fingerprint density at radius 1 is 1.28 bits per heavy atom. The normalized spacial score (nSPS) is 13.7. The van der Waals surface area contributed by atoms with Crippen LogP contribution in [0, 0.1) is 13.8 Å².